The number of aliphatic hydroxyl groups excluding tert-OH is 1. The molecule has 1 saturated carbocycles. The van der Waals surface area contributed by atoms with Gasteiger partial charge in [-0.3, -0.25) is 4.79 Å². The Labute approximate surface area is 120 Å². The van der Waals surface area contributed by atoms with Gasteiger partial charge in [-0.05, 0) is 37.4 Å². The number of carbonyl (C=O) groups excluding carboxylic acids is 1. The zero-order valence-electron chi connectivity index (χ0n) is 11.9. The maximum atomic E-state index is 12.5. The van der Waals surface area contributed by atoms with E-state index >= 15 is 0 Å². The van der Waals surface area contributed by atoms with E-state index in [1.165, 1.54) is 6.42 Å². The molecule has 0 radical (unpaired) electrons. The number of amides is 1. The van der Waals surface area contributed by atoms with Crippen LogP contribution in [-0.2, 0) is 6.42 Å². The van der Waals surface area contributed by atoms with Crippen molar-refractivity contribution in [1.29, 1.82) is 0 Å². The van der Waals surface area contributed by atoms with Crippen LogP contribution in [0.25, 0.3) is 0 Å². The molecular weight excluding hydrogens is 252 g/mol. The summed E-state index contributed by atoms with van der Waals surface area (Å²) in [5.74, 6) is -0.0926. The third-order valence-electron chi connectivity index (χ3n) is 4.17. The van der Waals surface area contributed by atoms with E-state index in [0.29, 0.717) is 18.5 Å². The summed E-state index contributed by atoms with van der Waals surface area (Å²) in [5, 5.41) is 12.7. The van der Waals surface area contributed by atoms with Crippen molar-refractivity contribution >= 4 is 5.91 Å². The van der Waals surface area contributed by atoms with E-state index in [4.69, 9.17) is 5.73 Å². The van der Waals surface area contributed by atoms with Crippen molar-refractivity contribution in [2.75, 3.05) is 13.2 Å². The van der Waals surface area contributed by atoms with Crippen LogP contribution in [0.2, 0.25) is 0 Å². The van der Waals surface area contributed by atoms with Gasteiger partial charge in [0, 0.05) is 5.56 Å². The number of hydrogen-bond donors (Lipinski definition) is 3. The van der Waals surface area contributed by atoms with Crippen molar-refractivity contribution in [2.24, 2.45) is 5.73 Å². The van der Waals surface area contributed by atoms with E-state index in [0.717, 1.165) is 31.2 Å². The number of hydrogen-bond acceptors (Lipinski definition) is 3. The van der Waals surface area contributed by atoms with Gasteiger partial charge in [-0.25, -0.2) is 0 Å². The highest BCUT2D eigenvalue weighted by molar-refractivity contribution is 5.96. The molecule has 4 heteroatoms. The van der Waals surface area contributed by atoms with E-state index < -0.39 is 5.54 Å². The molecule has 0 aromatic heterocycles. The number of aliphatic hydroxyl groups is 1. The summed E-state index contributed by atoms with van der Waals surface area (Å²) in [4.78, 5) is 12.5. The summed E-state index contributed by atoms with van der Waals surface area (Å²) in [7, 11) is 0. The predicted molar refractivity (Wildman–Crippen MR) is 79.6 cm³/mol. The molecule has 0 heterocycles. The highest BCUT2D eigenvalue weighted by Crippen LogP contribution is 2.28. The van der Waals surface area contributed by atoms with Gasteiger partial charge in [0.05, 0.1) is 12.1 Å². The molecule has 1 aliphatic carbocycles. The second-order valence-electron chi connectivity index (χ2n) is 5.65. The minimum atomic E-state index is -0.439. The summed E-state index contributed by atoms with van der Waals surface area (Å²) in [6, 6.07) is 7.55. The molecule has 1 aliphatic rings. The largest absolute Gasteiger partial charge is 0.394 e. The van der Waals surface area contributed by atoms with Crippen LogP contribution in [0.4, 0.5) is 0 Å². The van der Waals surface area contributed by atoms with Crippen LogP contribution >= 0.6 is 0 Å². The van der Waals surface area contributed by atoms with Gasteiger partial charge in [-0.2, -0.15) is 0 Å². The topological polar surface area (TPSA) is 75.4 Å². The molecule has 1 aromatic carbocycles. The zero-order chi connectivity index (χ0) is 14.4. The first kappa shape index (κ1) is 15.0. The summed E-state index contributed by atoms with van der Waals surface area (Å²) in [6.07, 6.45) is 5.70. The Morgan fingerprint density at radius 1 is 1.25 bits per heavy atom. The fourth-order valence-corrected chi connectivity index (χ4v) is 2.97. The molecule has 1 aromatic rings. The van der Waals surface area contributed by atoms with Gasteiger partial charge in [-0.15, -0.1) is 0 Å². The first-order valence-electron chi connectivity index (χ1n) is 7.42. The molecule has 0 unspecified atom stereocenters. The van der Waals surface area contributed by atoms with Crippen LogP contribution in [0.3, 0.4) is 0 Å². The smallest absolute Gasteiger partial charge is 0.252 e. The lowest BCUT2D eigenvalue weighted by molar-refractivity contribution is 0.0758. The molecule has 4 nitrogen and oxygen atoms in total. The highest BCUT2D eigenvalue weighted by atomic mass is 16.3. The minimum Gasteiger partial charge on any atom is -0.394 e. The van der Waals surface area contributed by atoms with Gasteiger partial charge >= 0.3 is 0 Å². The van der Waals surface area contributed by atoms with Crippen LogP contribution in [0.15, 0.2) is 24.3 Å². The Bertz CT molecular complexity index is 454. The minimum absolute atomic E-state index is 0.0117. The SMILES string of the molecule is NCCc1ccccc1C(=O)NC1(CO)CCCCC1. The number of nitrogens with two attached hydrogens (primary N) is 1. The third-order valence-corrected chi connectivity index (χ3v) is 4.17. The fourth-order valence-electron chi connectivity index (χ4n) is 2.97. The normalized spacial score (nSPS) is 17.7. The van der Waals surface area contributed by atoms with E-state index in [-0.39, 0.29) is 12.5 Å². The second-order valence-corrected chi connectivity index (χ2v) is 5.65. The fraction of sp³-hybridized carbons (Fsp3) is 0.562. The summed E-state index contributed by atoms with van der Waals surface area (Å²) >= 11 is 0. The van der Waals surface area contributed by atoms with Crippen molar-refractivity contribution < 1.29 is 9.90 Å². The van der Waals surface area contributed by atoms with Crippen LogP contribution in [0, 0.1) is 0 Å². The van der Waals surface area contributed by atoms with Gasteiger partial charge in [-0.1, -0.05) is 37.5 Å². The molecule has 2 rings (SSSR count). The quantitative estimate of drug-likeness (QED) is 0.765. The molecule has 0 bridgehead atoms. The van der Waals surface area contributed by atoms with Gasteiger partial charge < -0.3 is 16.2 Å². The zero-order valence-corrected chi connectivity index (χ0v) is 11.9. The molecule has 0 saturated heterocycles. The Kier molecular flexibility index (Phi) is 5.15. The standard InChI is InChI=1S/C16H24N2O2/c17-11-8-13-6-2-3-7-14(13)15(20)18-16(12-19)9-4-1-5-10-16/h2-3,6-7,19H,1,4-5,8-12,17H2,(H,18,20). The average molecular weight is 276 g/mol. The van der Waals surface area contributed by atoms with Crippen LogP contribution in [0.5, 0.6) is 0 Å². The van der Waals surface area contributed by atoms with E-state index in [2.05, 4.69) is 5.32 Å². The average Bonchev–Trinajstić information content (AvgIpc) is 2.49. The molecule has 4 N–H and O–H groups in total. The number of rotatable bonds is 5. The predicted octanol–water partition coefficient (Wildman–Crippen LogP) is 1.61. The summed E-state index contributed by atoms with van der Waals surface area (Å²) in [6.45, 7) is 0.535. The second kappa shape index (κ2) is 6.86. The third kappa shape index (κ3) is 3.38. The molecule has 0 aliphatic heterocycles. The maximum Gasteiger partial charge on any atom is 0.252 e. The molecule has 110 valence electrons. The van der Waals surface area contributed by atoms with E-state index in [1.807, 2.05) is 24.3 Å². The molecule has 0 atom stereocenters. The number of carbonyl (C=O) groups is 1. The maximum absolute atomic E-state index is 12.5. The van der Waals surface area contributed by atoms with Crippen LogP contribution in [-0.4, -0.2) is 29.7 Å². The van der Waals surface area contributed by atoms with Crippen molar-refractivity contribution in [2.45, 2.75) is 44.1 Å². The number of nitrogens with one attached hydrogen (secondary N) is 1. The van der Waals surface area contributed by atoms with Gasteiger partial charge in [0.1, 0.15) is 0 Å². The van der Waals surface area contributed by atoms with Crippen molar-refractivity contribution in [3.63, 3.8) is 0 Å². The first-order chi connectivity index (χ1) is 9.71. The Morgan fingerprint density at radius 2 is 1.95 bits per heavy atom. The first-order valence-corrected chi connectivity index (χ1v) is 7.42. The van der Waals surface area contributed by atoms with Gasteiger partial charge in [0.25, 0.3) is 5.91 Å². The summed E-state index contributed by atoms with van der Waals surface area (Å²) < 4.78 is 0. The lowest BCUT2D eigenvalue weighted by Crippen LogP contribution is -2.52. The lowest BCUT2D eigenvalue weighted by atomic mass is 9.82. The molecule has 1 amide bonds. The van der Waals surface area contributed by atoms with E-state index in [9.17, 15) is 9.90 Å². The molecular formula is C16H24N2O2. The molecule has 1 fully saturated rings. The Hall–Kier alpha value is -1.39. The van der Waals surface area contributed by atoms with Gasteiger partial charge in [0.2, 0.25) is 0 Å². The highest BCUT2D eigenvalue weighted by Gasteiger charge is 2.33. The lowest BCUT2D eigenvalue weighted by Gasteiger charge is -2.36. The van der Waals surface area contributed by atoms with Crippen LogP contribution in [0.1, 0.15) is 48.0 Å². The monoisotopic (exact) mass is 276 g/mol. The van der Waals surface area contributed by atoms with Gasteiger partial charge in [0.15, 0.2) is 0 Å². The Morgan fingerprint density at radius 3 is 2.60 bits per heavy atom. The van der Waals surface area contributed by atoms with Crippen molar-refractivity contribution in [3.05, 3.63) is 35.4 Å². The number of benzene rings is 1. The van der Waals surface area contributed by atoms with Crippen LogP contribution < -0.4 is 11.1 Å². The van der Waals surface area contributed by atoms with Crippen molar-refractivity contribution in [1.82, 2.24) is 5.32 Å². The Balaban J connectivity index is 2.14. The van der Waals surface area contributed by atoms with Crippen molar-refractivity contribution in [3.8, 4) is 0 Å². The van der Waals surface area contributed by atoms with E-state index in [1.54, 1.807) is 0 Å². The molecule has 20 heavy (non-hydrogen) atoms. The molecule has 0 spiro atoms. The summed E-state index contributed by atoms with van der Waals surface area (Å²) in [5.41, 5.74) is 6.80.